The average Bonchev–Trinajstić information content (AvgIpc) is 2.90. The van der Waals surface area contributed by atoms with Crippen molar-refractivity contribution in [2.45, 2.75) is 18.6 Å². The van der Waals surface area contributed by atoms with E-state index >= 15 is 0 Å². The molecule has 0 radical (unpaired) electrons. The van der Waals surface area contributed by atoms with Crippen LogP contribution in [-0.4, -0.2) is 18.3 Å². The first kappa shape index (κ1) is 12.9. The molecule has 1 heterocycles. The van der Waals surface area contributed by atoms with Gasteiger partial charge in [0.2, 0.25) is 0 Å². The first-order valence-corrected chi connectivity index (χ1v) is 6.45. The Kier molecular flexibility index (Phi) is 3.32. The van der Waals surface area contributed by atoms with Crippen LogP contribution in [0.15, 0.2) is 42.5 Å². The van der Waals surface area contributed by atoms with E-state index in [0.717, 1.165) is 11.3 Å². The van der Waals surface area contributed by atoms with Crippen molar-refractivity contribution in [3.63, 3.8) is 0 Å². The van der Waals surface area contributed by atoms with Crippen LogP contribution in [0.25, 0.3) is 0 Å². The summed E-state index contributed by atoms with van der Waals surface area (Å²) in [6, 6.07) is 12.3. The van der Waals surface area contributed by atoms with Gasteiger partial charge in [0.1, 0.15) is 18.0 Å². The Morgan fingerprint density at radius 3 is 2.80 bits per heavy atom. The van der Waals surface area contributed by atoms with Gasteiger partial charge in [-0.25, -0.2) is 4.39 Å². The highest BCUT2D eigenvalue weighted by Gasteiger charge is 2.32. The number of halogens is 1. The van der Waals surface area contributed by atoms with Gasteiger partial charge in [-0.1, -0.05) is 30.3 Å². The van der Waals surface area contributed by atoms with Gasteiger partial charge in [-0.2, -0.15) is 0 Å². The Morgan fingerprint density at radius 1 is 1.25 bits per heavy atom. The van der Waals surface area contributed by atoms with Crippen LogP contribution in [0.5, 0.6) is 11.5 Å². The highest BCUT2D eigenvalue weighted by Crippen LogP contribution is 2.35. The molecule has 0 saturated carbocycles. The zero-order chi connectivity index (χ0) is 14.1. The lowest BCUT2D eigenvalue weighted by molar-refractivity contribution is 0.0464. The second-order valence-electron chi connectivity index (χ2n) is 4.78. The zero-order valence-electron chi connectivity index (χ0n) is 11.0. The van der Waals surface area contributed by atoms with Crippen LogP contribution in [0.1, 0.15) is 17.2 Å². The number of aliphatic hydroxyl groups is 1. The van der Waals surface area contributed by atoms with Gasteiger partial charge in [-0.3, -0.25) is 0 Å². The molecule has 0 aromatic heterocycles. The van der Waals surface area contributed by atoms with Crippen molar-refractivity contribution in [3.05, 3.63) is 59.4 Å². The largest absolute Gasteiger partial charge is 0.494 e. The van der Waals surface area contributed by atoms with Crippen LogP contribution in [0.4, 0.5) is 4.39 Å². The van der Waals surface area contributed by atoms with Gasteiger partial charge in [0.05, 0.1) is 7.11 Å². The molecule has 0 saturated heterocycles. The van der Waals surface area contributed by atoms with E-state index in [9.17, 15) is 9.50 Å². The van der Waals surface area contributed by atoms with Gasteiger partial charge < -0.3 is 14.6 Å². The van der Waals surface area contributed by atoms with Crippen molar-refractivity contribution in [3.8, 4) is 11.5 Å². The minimum atomic E-state index is -1.03. The van der Waals surface area contributed by atoms with Gasteiger partial charge in [0, 0.05) is 12.0 Å². The molecule has 2 unspecified atom stereocenters. The van der Waals surface area contributed by atoms with Crippen molar-refractivity contribution in [2.75, 3.05) is 7.11 Å². The second kappa shape index (κ2) is 5.13. The molecule has 0 fully saturated rings. The maximum Gasteiger partial charge on any atom is 0.170 e. The minimum Gasteiger partial charge on any atom is -0.494 e. The smallest absolute Gasteiger partial charge is 0.170 e. The molecule has 1 aliphatic rings. The lowest BCUT2D eigenvalue weighted by Crippen LogP contribution is -2.24. The summed E-state index contributed by atoms with van der Waals surface area (Å²) in [6.45, 7) is 0. The van der Waals surface area contributed by atoms with Crippen LogP contribution in [0.2, 0.25) is 0 Å². The lowest BCUT2D eigenvalue weighted by Gasteiger charge is -2.19. The Morgan fingerprint density at radius 2 is 2.05 bits per heavy atom. The molecule has 3 rings (SSSR count). The summed E-state index contributed by atoms with van der Waals surface area (Å²) in [5, 5.41) is 10.4. The fraction of sp³-hybridized carbons (Fsp3) is 0.250. The Bertz CT molecular complexity index is 602. The Balaban J connectivity index is 1.86. The maximum atomic E-state index is 14.2. The van der Waals surface area contributed by atoms with Crippen molar-refractivity contribution >= 4 is 0 Å². The molecule has 2 aromatic carbocycles. The lowest BCUT2D eigenvalue weighted by atomic mass is 9.99. The van der Waals surface area contributed by atoms with Crippen LogP contribution >= 0.6 is 0 Å². The molecular weight excluding hydrogens is 259 g/mol. The van der Waals surface area contributed by atoms with E-state index in [1.165, 1.54) is 13.2 Å². The van der Waals surface area contributed by atoms with Crippen LogP contribution in [-0.2, 0) is 6.42 Å². The molecule has 0 bridgehead atoms. The topological polar surface area (TPSA) is 38.7 Å². The van der Waals surface area contributed by atoms with Crippen LogP contribution in [0, 0.1) is 5.82 Å². The van der Waals surface area contributed by atoms with Gasteiger partial charge in [0.25, 0.3) is 0 Å². The summed E-state index contributed by atoms with van der Waals surface area (Å²) in [5.74, 6) is 0.332. The number of hydrogen-bond acceptors (Lipinski definition) is 3. The van der Waals surface area contributed by atoms with E-state index in [0.29, 0.717) is 6.42 Å². The molecule has 0 amide bonds. The second-order valence-corrected chi connectivity index (χ2v) is 4.78. The molecular formula is C16H15FO3. The van der Waals surface area contributed by atoms with Gasteiger partial charge in [-0.05, 0) is 17.7 Å². The highest BCUT2D eigenvalue weighted by molar-refractivity contribution is 5.39. The van der Waals surface area contributed by atoms with Gasteiger partial charge in [-0.15, -0.1) is 0 Å². The third kappa shape index (κ3) is 2.12. The molecule has 0 spiro atoms. The maximum absolute atomic E-state index is 14.2. The highest BCUT2D eigenvalue weighted by atomic mass is 19.1. The summed E-state index contributed by atoms with van der Waals surface area (Å²) in [6.07, 6.45) is -0.944. The fourth-order valence-corrected chi connectivity index (χ4v) is 2.50. The number of rotatable bonds is 3. The van der Waals surface area contributed by atoms with Crippen molar-refractivity contribution in [1.82, 2.24) is 0 Å². The number of hydrogen-bond donors (Lipinski definition) is 1. The van der Waals surface area contributed by atoms with Crippen LogP contribution in [0.3, 0.4) is 0 Å². The Hall–Kier alpha value is -2.07. The average molecular weight is 274 g/mol. The van der Waals surface area contributed by atoms with Crippen molar-refractivity contribution < 1.29 is 19.0 Å². The summed E-state index contributed by atoms with van der Waals surface area (Å²) in [7, 11) is 1.40. The number of para-hydroxylation sites is 1. The first-order valence-electron chi connectivity index (χ1n) is 6.45. The zero-order valence-corrected chi connectivity index (χ0v) is 11.0. The summed E-state index contributed by atoms with van der Waals surface area (Å²) in [5.41, 5.74) is 1.22. The standard InChI is InChI=1S/C16H15FO3/c1-19-13-8-4-6-11(15(13)17)16(18)14-9-10-5-2-3-7-12(10)20-14/h2-8,14,16,18H,9H2,1H3. The fourth-order valence-electron chi connectivity index (χ4n) is 2.50. The first-order chi connectivity index (χ1) is 9.70. The molecule has 4 heteroatoms. The number of fused-ring (bicyclic) bond motifs is 1. The monoisotopic (exact) mass is 274 g/mol. The van der Waals surface area contributed by atoms with E-state index < -0.39 is 18.0 Å². The number of ether oxygens (including phenoxy) is 2. The molecule has 2 aromatic rings. The van der Waals surface area contributed by atoms with Crippen LogP contribution < -0.4 is 9.47 Å². The van der Waals surface area contributed by atoms with E-state index in [4.69, 9.17) is 9.47 Å². The van der Waals surface area contributed by atoms with Crippen molar-refractivity contribution in [1.29, 1.82) is 0 Å². The van der Waals surface area contributed by atoms with Gasteiger partial charge in [0.15, 0.2) is 11.6 Å². The quantitative estimate of drug-likeness (QED) is 0.935. The molecule has 2 atom stereocenters. The molecule has 104 valence electrons. The molecule has 1 N–H and O–H groups in total. The number of benzene rings is 2. The normalized spacial score (nSPS) is 18.2. The van der Waals surface area contributed by atoms with E-state index in [1.54, 1.807) is 12.1 Å². The third-order valence-corrected chi connectivity index (χ3v) is 3.56. The van der Waals surface area contributed by atoms with Crippen molar-refractivity contribution in [2.24, 2.45) is 0 Å². The van der Waals surface area contributed by atoms with Gasteiger partial charge >= 0.3 is 0 Å². The third-order valence-electron chi connectivity index (χ3n) is 3.56. The molecule has 3 nitrogen and oxygen atoms in total. The SMILES string of the molecule is COc1cccc(C(O)C2Cc3ccccc3O2)c1F. The van der Waals surface area contributed by atoms with E-state index in [-0.39, 0.29) is 11.3 Å². The summed E-state index contributed by atoms with van der Waals surface area (Å²) < 4.78 is 24.8. The number of methoxy groups -OCH3 is 1. The summed E-state index contributed by atoms with van der Waals surface area (Å²) in [4.78, 5) is 0. The number of aliphatic hydroxyl groups excluding tert-OH is 1. The predicted molar refractivity (Wildman–Crippen MR) is 72.5 cm³/mol. The molecule has 0 aliphatic carbocycles. The summed E-state index contributed by atoms with van der Waals surface area (Å²) >= 11 is 0. The molecule has 20 heavy (non-hydrogen) atoms. The van der Waals surface area contributed by atoms with E-state index in [1.807, 2.05) is 24.3 Å². The predicted octanol–water partition coefficient (Wildman–Crippen LogP) is 2.87. The minimum absolute atomic E-state index is 0.122. The Labute approximate surface area is 116 Å². The molecule has 1 aliphatic heterocycles. The van der Waals surface area contributed by atoms with E-state index in [2.05, 4.69) is 0 Å².